The van der Waals surface area contributed by atoms with Crippen LogP contribution in [0.25, 0.3) is 11.3 Å². The molecule has 4 nitrogen and oxygen atoms in total. The Kier molecular flexibility index (Phi) is 4.79. The molecule has 0 spiro atoms. The fourth-order valence-electron chi connectivity index (χ4n) is 3.21. The van der Waals surface area contributed by atoms with Crippen molar-refractivity contribution in [1.29, 1.82) is 0 Å². The van der Waals surface area contributed by atoms with E-state index < -0.39 is 15.4 Å². The fourth-order valence-corrected chi connectivity index (χ4v) is 3.84. The molecule has 5 heteroatoms. The number of Topliss-reactive ketones (excluding diaryl/α,β-unsaturated/α-hetero) is 1. The van der Waals surface area contributed by atoms with Gasteiger partial charge in [-0.3, -0.25) is 4.79 Å². The highest BCUT2D eigenvalue weighted by Gasteiger charge is 2.42. The van der Waals surface area contributed by atoms with E-state index >= 15 is 0 Å². The van der Waals surface area contributed by atoms with Crippen LogP contribution in [-0.2, 0) is 24.8 Å². The molecule has 0 saturated carbocycles. The maximum atomic E-state index is 13.0. The van der Waals surface area contributed by atoms with Crippen LogP contribution in [-0.4, -0.2) is 26.1 Å². The molecule has 0 bridgehead atoms. The van der Waals surface area contributed by atoms with Crippen LogP contribution in [0.5, 0.6) is 0 Å². The fraction of sp³-hybridized carbons (Fsp3) is 0.348. The van der Waals surface area contributed by atoms with Gasteiger partial charge >= 0.3 is 0 Å². The van der Waals surface area contributed by atoms with E-state index in [0.29, 0.717) is 16.9 Å². The summed E-state index contributed by atoms with van der Waals surface area (Å²) in [6.07, 6.45) is 1.17. The summed E-state index contributed by atoms with van der Waals surface area (Å²) in [5.41, 5.74) is 2.24. The second-order valence-electron chi connectivity index (χ2n) is 8.77. The van der Waals surface area contributed by atoms with E-state index in [4.69, 9.17) is 4.74 Å². The quantitative estimate of drug-likeness (QED) is 0.756. The average Bonchev–Trinajstić information content (AvgIpc) is 2.83. The van der Waals surface area contributed by atoms with Gasteiger partial charge in [0, 0.05) is 11.8 Å². The largest absolute Gasteiger partial charge is 0.478 e. The zero-order valence-electron chi connectivity index (χ0n) is 17.2. The molecule has 1 aliphatic heterocycles. The van der Waals surface area contributed by atoms with Gasteiger partial charge in [0.05, 0.1) is 10.5 Å². The van der Waals surface area contributed by atoms with Crippen LogP contribution in [0.2, 0.25) is 0 Å². The lowest BCUT2D eigenvalue weighted by atomic mass is 9.85. The van der Waals surface area contributed by atoms with Crippen molar-refractivity contribution in [2.75, 3.05) is 6.26 Å². The highest BCUT2D eigenvalue weighted by Crippen LogP contribution is 2.41. The van der Waals surface area contributed by atoms with Gasteiger partial charge in [0.25, 0.3) is 0 Å². The molecule has 0 unspecified atom stereocenters. The lowest BCUT2D eigenvalue weighted by molar-refractivity contribution is -0.125. The Morgan fingerprint density at radius 3 is 1.82 bits per heavy atom. The second-order valence-corrected chi connectivity index (χ2v) is 10.8. The molecule has 0 saturated heterocycles. The van der Waals surface area contributed by atoms with Crippen LogP contribution in [0.4, 0.5) is 0 Å². The van der Waals surface area contributed by atoms with E-state index in [9.17, 15) is 13.2 Å². The minimum absolute atomic E-state index is 0.0205. The monoisotopic (exact) mass is 398 g/mol. The van der Waals surface area contributed by atoms with Gasteiger partial charge in [-0.1, -0.05) is 45.0 Å². The average molecular weight is 399 g/mol. The van der Waals surface area contributed by atoms with Crippen molar-refractivity contribution in [3.63, 3.8) is 0 Å². The van der Waals surface area contributed by atoms with E-state index in [2.05, 4.69) is 20.8 Å². The summed E-state index contributed by atoms with van der Waals surface area (Å²) in [6.45, 7) is 9.92. The van der Waals surface area contributed by atoms with Gasteiger partial charge in [-0.2, -0.15) is 0 Å². The third kappa shape index (κ3) is 3.76. The van der Waals surface area contributed by atoms with Gasteiger partial charge < -0.3 is 4.74 Å². The Balaban J connectivity index is 2.12. The Morgan fingerprint density at radius 2 is 1.36 bits per heavy atom. The number of ether oxygens (including phenoxy) is 1. The smallest absolute Gasteiger partial charge is 0.210 e. The standard InChI is InChI=1S/C23H26O4S/c1-22(2,3)17-11-7-15(8-12-17)19-20(27-23(4,5)21(19)24)16-9-13-18(14-10-16)28(6,25)26/h7-14H,1-6H3. The maximum Gasteiger partial charge on any atom is 0.210 e. The molecule has 2 aromatic rings. The van der Waals surface area contributed by atoms with Crippen LogP contribution in [0.3, 0.4) is 0 Å². The van der Waals surface area contributed by atoms with E-state index in [1.165, 1.54) is 24.0 Å². The van der Waals surface area contributed by atoms with Crippen molar-refractivity contribution >= 4 is 27.0 Å². The summed E-state index contributed by atoms with van der Waals surface area (Å²) in [4.78, 5) is 13.3. The van der Waals surface area contributed by atoms with E-state index in [-0.39, 0.29) is 16.1 Å². The molecule has 0 aliphatic carbocycles. The van der Waals surface area contributed by atoms with E-state index in [0.717, 1.165) is 5.56 Å². The number of hydrogen-bond acceptors (Lipinski definition) is 4. The number of rotatable bonds is 3. The molecule has 3 rings (SSSR count). The lowest BCUT2D eigenvalue weighted by Gasteiger charge is -2.19. The Hall–Kier alpha value is -2.40. The Morgan fingerprint density at radius 1 is 0.857 bits per heavy atom. The van der Waals surface area contributed by atoms with Gasteiger partial charge in [-0.25, -0.2) is 8.42 Å². The molecule has 0 atom stereocenters. The molecule has 1 heterocycles. The SMILES string of the molecule is CC1(C)OC(c2ccc(S(C)(=O)=O)cc2)=C(c2ccc(C(C)(C)C)cc2)C1=O. The summed E-state index contributed by atoms with van der Waals surface area (Å²) in [6, 6.07) is 14.4. The highest BCUT2D eigenvalue weighted by atomic mass is 32.2. The van der Waals surface area contributed by atoms with Crippen LogP contribution in [0.1, 0.15) is 51.3 Å². The zero-order valence-corrected chi connectivity index (χ0v) is 18.0. The third-order valence-corrected chi connectivity index (χ3v) is 6.07. The highest BCUT2D eigenvalue weighted by molar-refractivity contribution is 7.90. The first-order chi connectivity index (χ1) is 12.8. The van der Waals surface area contributed by atoms with E-state index in [1.54, 1.807) is 26.0 Å². The summed E-state index contributed by atoms with van der Waals surface area (Å²) >= 11 is 0. The number of hydrogen-bond donors (Lipinski definition) is 0. The first kappa shape index (κ1) is 20.3. The van der Waals surface area contributed by atoms with Crippen LogP contribution < -0.4 is 0 Å². The number of sulfone groups is 1. The van der Waals surface area contributed by atoms with Crippen molar-refractivity contribution in [3.8, 4) is 0 Å². The molecule has 0 fully saturated rings. The van der Waals surface area contributed by atoms with Gasteiger partial charge in [0.15, 0.2) is 15.4 Å². The molecule has 1 aliphatic rings. The van der Waals surface area contributed by atoms with Crippen molar-refractivity contribution in [2.24, 2.45) is 0 Å². The predicted octanol–water partition coefficient (Wildman–Crippen LogP) is 4.63. The Bertz CT molecular complexity index is 1050. The zero-order chi connectivity index (χ0) is 20.9. The predicted molar refractivity (Wildman–Crippen MR) is 112 cm³/mol. The van der Waals surface area contributed by atoms with Crippen LogP contribution >= 0.6 is 0 Å². The molecule has 148 valence electrons. The van der Waals surface area contributed by atoms with E-state index in [1.807, 2.05) is 24.3 Å². The summed E-state index contributed by atoms with van der Waals surface area (Å²) in [5.74, 6) is 0.400. The number of ketones is 1. The molecule has 28 heavy (non-hydrogen) atoms. The molecule has 2 aromatic carbocycles. The molecule has 0 radical (unpaired) electrons. The molecule has 0 amide bonds. The van der Waals surface area contributed by atoms with Crippen LogP contribution in [0.15, 0.2) is 53.4 Å². The van der Waals surface area contributed by atoms with Crippen molar-refractivity contribution in [3.05, 3.63) is 65.2 Å². The second kappa shape index (κ2) is 6.59. The Labute approximate surface area is 167 Å². The summed E-state index contributed by atoms with van der Waals surface area (Å²) < 4.78 is 29.5. The maximum absolute atomic E-state index is 13.0. The molecule has 0 N–H and O–H groups in total. The molecular formula is C23H26O4S. The van der Waals surface area contributed by atoms with Gasteiger partial charge in [0.2, 0.25) is 5.78 Å². The minimum atomic E-state index is -3.29. The number of carbonyl (C=O) groups is 1. The molecular weight excluding hydrogens is 372 g/mol. The van der Waals surface area contributed by atoms with Crippen LogP contribution in [0, 0.1) is 0 Å². The number of benzene rings is 2. The summed E-state index contributed by atoms with van der Waals surface area (Å²) in [7, 11) is -3.29. The minimum Gasteiger partial charge on any atom is -0.478 e. The lowest BCUT2D eigenvalue weighted by Crippen LogP contribution is -2.29. The number of carbonyl (C=O) groups excluding carboxylic acids is 1. The van der Waals surface area contributed by atoms with Gasteiger partial charge in [-0.15, -0.1) is 0 Å². The topological polar surface area (TPSA) is 60.4 Å². The summed E-state index contributed by atoms with van der Waals surface area (Å²) in [5, 5.41) is 0. The normalized spacial score (nSPS) is 17.0. The van der Waals surface area contributed by atoms with Crippen molar-refractivity contribution in [1.82, 2.24) is 0 Å². The van der Waals surface area contributed by atoms with Crippen molar-refractivity contribution < 1.29 is 17.9 Å². The van der Waals surface area contributed by atoms with Gasteiger partial charge in [-0.05, 0) is 54.7 Å². The third-order valence-electron chi connectivity index (χ3n) is 4.94. The first-order valence-corrected chi connectivity index (χ1v) is 11.1. The first-order valence-electron chi connectivity index (χ1n) is 9.20. The molecule has 0 aromatic heterocycles. The van der Waals surface area contributed by atoms with Crippen molar-refractivity contribution in [2.45, 2.75) is 50.5 Å². The van der Waals surface area contributed by atoms with Gasteiger partial charge in [0.1, 0.15) is 5.76 Å².